The standard InChI is InChI=1S/C22H20N2O6/c1-28-18-10-6-9-16(13-18)23-22(25)21(15-7-4-3-5-8-15)30-20-14-17(24(26)27)11-12-19(20)29-2/h3-14,21H,1-2H3,(H,23,25)/t21-/m1/s1. The smallest absolute Gasteiger partial charge is 0.273 e. The van der Waals surface area contributed by atoms with Gasteiger partial charge in [0.1, 0.15) is 5.75 Å². The molecule has 3 aromatic carbocycles. The number of nitro benzene ring substituents is 1. The number of ether oxygens (including phenoxy) is 3. The third-order valence-electron chi connectivity index (χ3n) is 4.28. The van der Waals surface area contributed by atoms with Crippen LogP contribution in [0, 0.1) is 10.1 Å². The zero-order valence-electron chi connectivity index (χ0n) is 16.4. The first-order valence-corrected chi connectivity index (χ1v) is 9.00. The minimum absolute atomic E-state index is 0.0846. The van der Waals surface area contributed by atoms with Gasteiger partial charge in [-0.25, -0.2) is 0 Å². The maximum atomic E-state index is 13.1. The van der Waals surface area contributed by atoms with Crippen LogP contribution in [-0.4, -0.2) is 25.1 Å². The second-order valence-electron chi connectivity index (χ2n) is 6.22. The first kappa shape index (κ1) is 20.7. The number of amides is 1. The van der Waals surface area contributed by atoms with E-state index in [1.54, 1.807) is 48.5 Å². The van der Waals surface area contributed by atoms with Crippen molar-refractivity contribution in [2.45, 2.75) is 6.10 Å². The molecule has 1 N–H and O–H groups in total. The van der Waals surface area contributed by atoms with E-state index in [-0.39, 0.29) is 17.2 Å². The summed E-state index contributed by atoms with van der Waals surface area (Å²) in [6.45, 7) is 0. The Balaban J connectivity index is 1.95. The Morgan fingerprint density at radius 1 is 0.933 bits per heavy atom. The minimum Gasteiger partial charge on any atom is -0.497 e. The Morgan fingerprint density at radius 3 is 2.37 bits per heavy atom. The molecule has 0 aliphatic rings. The van der Waals surface area contributed by atoms with Gasteiger partial charge in [-0.1, -0.05) is 36.4 Å². The number of methoxy groups -OCH3 is 2. The lowest BCUT2D eigenvalue weighted by Gasteiger charge is -2.20. The molecular formula is C22H20N2O6. The van der Waals surface area contributed by atoms with Gasteiger partial charge in [-0.15, -0.1) is 0 Å². The van der Waals surface area contributed by atoms with Gasteiger partial charge in [-0.2, -0.15) is 0 Å². The highest BCUT2D eigenvalue weighted by Gasteiger charge is 2.25. The monoisotopic (exact) mass is 408 g/mol. The molecule has 3 aromatic rings. The Hall–Kier alpha value is -4.07. The van der Waals surface area contributed by atoms with Crippen LogP contribution < -0.4 is 19.5 Å². The van der Waals surface area contributed by atoms with Crippen LogP contribution in [0.25, 0.3) is 0 Å². The number of nitrogens with zero attached hydrogens (tertiary/aromatic N) is 1. The van der Waals surface area contributed by atoms with Gasteiger partial charge in [-0.05, 0) is 18.2 Å². The van der Waals surface area contributed by atoms with Crippen molar-refractivity contribution >= 4 is 17.3 Å². The largest absolute Gasteiger partial charge is 0.497 e. The molecule has 0 saturated heterocycles. The van der Waals surface area contributed by atoms with Crippen LogP contribution in [0.2, 0.25) is 0 Å². The Labute approximate surface area is 173 Å². The normalized spacial score (nSPS) is 11.3. The molecule has 8 nitrogen and oxygen atoms in total. The summed E-state index contributed by atoms with van der Waals surface area (Å²) < 4.78 is 16.4. The zero-order valence-corrected chi connectivity index (χ0v) is 16.4. The van der Waals surface area contributed by atoms with Crippen molar-refractivity contribution in [3.05, 3.63) is 88.5 Å². The number of nitrogens with one attached hydrogen (secondary N) is 1. The number of benzene rings is 3. The van der Waals surface area contributed by atoms with Gasteiger partial charge < -0.3 is 19.5 Å². The molecule has 0 saturated carbocycles. The topological polar surface area (TPSA) is 99.9 Å². The van der Waals surface area contributed by atoms with E-state index < -0.39 is 16.9 Å². The molecule has 0 heterocycles. The number of carbonyl (C=O) groups excluding carboxylic acids is 1. The second-order valence-corrected chi connectivity index (χ2v) is 6.22. The highest BCUT2D eigenvalue weighted by atomic mass is 16.6. The fraction of sp³-hybridized carbons (Fsp3) is 0.136. The lowest BCUT2D eigenvalue weighted by Crippen LogP contribution is -2.26. The number of non-ortho nitro benzene ring substituents is 1. The van der Waals surface area contributed by atoms with Crippen molar-refractivity contribution in [1.82, 2.24) is 0 Å². The van der Waals surface area contributed by atoms with Crippen molar-refractivity contribution in [3.8, 4) is 17.2 Å². The highest BCUT2D eigenvalue weighted by molar-refractivity contribution is 5.95. The van der Waals surface area contributed by atoms with Crippen LogP contribution in [-0.2, 0) is 4.79 Å². The SMILES string of the molecule is COc1cccc(NC(=O)[C@H](Oc2cc([N+](=O)[O-])ccc2OC)c2ccccc2)c1. The average molecular weight is 408 g/mol. The predicted octanol–water partition coefficient (Wildman–Crippen LogP) is 4.37. The highest BCUT2D eigenvalue weighted by Crippen LogP contribution is 2.35. The molecule has 30 heavy (non-hydrogen) atoms. The molecule has 0 aliphatic heterocycles. The van der Waals surface area contributed by atoms with Gasteiger partial charge in [0.05, 0.1) is 25.2 Å². The molecule has 0 aliphatic carbocycles. The van der Waals surface area contributed by atoms with Crippen molar-refractivity contribution in [1.29, 1.82) is 0 Å². The van der Waals surface area contributed by atoms with Crippen molar-refractivity contribution in [2.75, 3.05) is 19.5 Å². The summed E-state index contributed by atoms with van der Waals surface area (Å²) in [5.74, 6) is 0.491. The fourth-order valence-electron chi connectivity index (χ4n) is 2.81. The van der Waals surface area contributed by atoms with Crippen LogP contribution in [0.15, 0.2) is 72.8 Å². The number of hydrogen-bond donors (Lipinski definition) is 1. The van der Waals surface area contributed by atoms with Crippen LogP contribution in [0.3, 0.4) is 0 Å². The molecule has 0 unspecified atom stereocenters. The van der Waals surface area contributed by atoms with E-state index in [0.29, 0.717) is 17.0 Å². The Morgan fingerprint density at radius 2 is 1.70 bits per heavy atom. The molecule has 0 aromatic heterocycles. The maximum absolute atomic E-state index is 13.1. The van der Waals surface area contributed by atoms with Gasteiger partial charge in [0, 0.05) is 23.4 Å². The number of nitro groups is 1. The zero-order chi connectivity index (χ0) is 21.5. The van der Waals surface area contributed by atoms with E-state index in [4.69, 9.17) is 14.2 Å². The second kappa shape index (κ2) is 9.42. The first-order valence-electron chi connectivity index (χ1n) is 9.00. The molecule has 154 valence electrons. The first-order chi connectivity index (χ1) is 14.5. The third kappa shape index (κ3) is 4.85. The van der Waals surface area contributed by atoms with Crippen LogP contribution in [0.5, 0.6) is 17.2 Å². The van der Waals surface area contributed by atoms with Crippen molar-refractivity contribution < 1.29 is 23.9 Å². The summed E-state index contributed by atoms with van der Waals surface area (Å²) in [6, 6.07) is 19.7. The van der Waals surface area contributed by atoms with Gasteiger partial charge >= 0.3 is 0 Å². The summed E-state index contributed by atoms with van der Waals surface area (Å²) in [5.41, 5.74) is 0.923. The van der Waals surface area contributed by atoms with E-state index in [1.165, 1.54) is 32.4 Å². The molecule has 1 amide bonds. The van der Waals surface area contributed by atoms with E-state index in [9.17, 15) is 14.9 Å². The number of anilines is 1. The van der Waals surface area contributed by atoms with Crippen LogP contribution in [0.4, 0.5) is 11.4 Å². The number of carbonyl (C=O) groups is 1. The minimum atomic E-state index is -1.08. The van der Waals surface area contributed by atoms with Crippen molar-refractivity contribution in [2.24, 2.45) is 0 Å². The Kier molecular flexibility index (Phi) is 6.49. The lowest BCUT2D eigenvalue weighted by atomic mass is 10.1. The van der Waals surface area contributed by atoms with E-state index in [2.05, 4.69) is 5.32 Å². The van der Waals surface area contributed by atoms with E-state index in [1.807, 2.05) is 6.07 Å². The average Bonchev–Trinajstić information content (AvgIpc) is 2.77. The number of hydrogen-bond acceptors (Lipinski definition) is 6. The number of rotatable bonds is 8. The molecule has 0 spiro atoms. The summed E-state index contributed by atoms with van der Waals surface area (Å²) in [4.78, 5) is 23.7. The van der Waals surface area contributed by atoms with Gasteiger partial charge in [0.15, 0.2) is 11.5 Å². The van der Waals surface area contributed by atoms with Gasteiger partial charge in [0.25, 0.3) is 11.6 Å². The molecular weight excluding hydrogens is 388 g/mol. The fourth-order valence-corrected chi connectivity index (χ4v) is 2.81. The molecule has 0 bridgehead atoms. The van der Waals surface area contributed by atoms with Crippen molar-refractivity contribution in [3.63, 3.8) is 0 Å². The molecule has 8 heteroatoms. The van der Waals surface area contributed by atoms with E-state index >= 15 is 0 Å². The molecule has 1 atom stereocenters. The van der Waals surface area contributed by atoms with Gasteiger partial charge in [0.2, 0.25) is 6.10 Å². The van der Waals surface area contributed by atoms with E-state index in [0.717, 1.165) is 0 Å². The summed E-state index contributed by atoms with van der Waals surface area (Å²) in [7, 11) is 2.95. The Bertz CT molecular complexity index is 1040. The third-order valence-corrected chi connectivity index (χ3v) is 4.28. The summed E-state index contributed by atoms with van der Waals surface area (Å²) >= 11 is 0. The van der Waals surface area contributed by atoms with Crippen LogP contribution >= 0.6 is 0 Å². The summed E-state index contributed by atoms with van der Waals surface area (Å²) in [5, 5.41) is 14.0. The molecule has 0 radical (unpaired) electrons. The molecule has 3 rings (SSSR count). The maximum Gasteiger partial charge on any atom is 0.273 e. The van der Waals surface area contributed by atoms with Crippen LogP contribution in [0.1, 0.15) is 11.7 Å². The molecule has 0 fully saturated rings. The summed E-state index contributed by atoms with van der Waals surface area (Å²) in [6.07, 6.45) is -1.08. The quantitative estimate of drug-likeness (QED) is 0.439. The predicted molar refractivity (Wildman–Crippen MR) is 111 cm³/mol. The van der Waals surface area contributed by atoms with Gasteiger partial charge in [-0.3, -0.25) is 14.9 Å². The lowest BCUT2D eigenvalue weighted by molar-refractivity contribution is -0.385.